The van der Waals surface area contributed by atoms with Crippen LogP contribution in [-0.2, 0) is 11.8 Å². The van der Waals surface area contributed by atoms with E-state index in [4.69, 9.17) is 4.74 Å². The molecule has 1 fully saturated rings. The fourth-order valence-corrected chi connectivity index (χ4v) is 2.62. The molecule has 0 aliphatic carbocycles. The van der Waals surface area contributed by atoms with Gasteiger partial charge in [0.1, 0.15) is 18.0 Å². The molecule has 1 aromatic heterocycles. The van der Waals surface area contributed by atoms with Crippen molar-refractivity contribution in [2.24, 2.45) is 7.05 Å². The standard InChI is InChI=1S/C16H18N4O3/c1-18-11-17-9-14(18)16(22)19-6-7-20(15(21)10-19)12-4-3-5-13(8-12)23-2/h3-5,8-9,11H,6-7,10H2,1-2H3. The van der Waals surface area contributed by atoms with Crippen molar-refractivity contribution in [2.75, 3.05) is 31.6 Å². The van der Waals surface area contributed by atoms with E-state index in [1.807, 2.05) is 24.3 Å². The van der Waals surface area contributed by atoms with Gasteiger partial charge in [-0.05, 0) is 12.1 Å². The van der Waals surface area contributed by atoms with Gasteiger partial charge in [0.05, 0.1) is 19.6 Å². The first-order valence-corrected chi connectivity index (χ1v) is 7.30. The minimum atomic E-state index is -0.177. The molecule has 23 heavy (non-hydrogen) atoms. The molecule has 2 heterocycles. The Morgan fingerprint density at radius 2 is 2.13 bits per heavy atom. The zero-order valence-electron chi connectivity index (χ0n) is 13.1. The maximum atomic E-state index is 12.4. The van der Waals surface area contributed by atoms with Gasteiger partial charge in [-0.1, -0.05) is 6.07 Å². The highest BCUT2D eigenvalue weighted by molar-refractivity contribution is 6.01. The van der Waals surface area contributed by atoms with Crippen molar-refractivity contribution in [3.05, 3.63) is 42.5 Å². The number of imidazole rings is 1. The topological polar surface area (TPSA) is 67.7 Å². The predicted molar refractivity (Wildman–Crippen MR) is 84.5 cm³/mol. The molecular formula is C16H18N4O3. The molecule has 1 aromatic carbocycles. The van der Waals surface area contributed by atoms with Crippen LogP contribution in [0, 0.1) is 0 Å². The number of benzene rings is 1. The van der Waals surface area contributed by atoms with E-state index in [2.05, 4.69) is 4.98 Å². The molecule has 1 aliphatic heterocycles. The Morgan fingerprint density at radius 3 is 2.78 bits per heavy atom. The van der Waals surface area contributed by atoms with Gasteiger partial charge in [-0.3, -0.25) is 9.59 Å². The van der Waals surface area contributed by atoms with Crippen molar-refractivity contribution in [3.8, 4) is 5.75 Å². The Labute approximate surface area is 134 Å². The third-order valence-corrected chi connectivity index (χ3v) is 3.91. The highest BCUT2D eigenvalue weighted by Gasteiger charge is 2.29. The molecule has 7 nitrogen and oxygen atoms in total. The molecule has 0 radical (unpaired) electrons. The molecule has 2 amide bonds. The summed E-state index contributed by atoms with van der Waals surface area (Å²) < 4.78 is 6.84. The van der Waals surface area contributed by atoms with Gasteiger partial charge < -0.3 is 19.1 Å². The lowest BCUT2D eigenvalue weighted by atomic mass is 10.2. The van der Waals surface area contributed by atoms with E-state index >= 15 is 0 Å². The molecule has 0 spiro atoms. The number of ether oxygens (including phenoxy) is 1. The van der Waals surface area contributed by atoms with Crippen LogP contribution in [0.3, 0.4) is 0 Å². The third-order valence-electron chi connectivity index (χ3n) is 3.91. The van der Waals surface area contributed by atoms with Gasteiger partial charge in [0.25, 0.3) is 5.91 Å². The second-order valence-corrected chi connectivity index (χ2v) is 5.36. The number of hydrogen-bond acceptors (Lipinski definition) is 4. The van der Waals surface area contributed by atoms with E-state index < -0.39 is 0 Å². The lowest BCUT2D eigenvalue weighted by Crippen LogP contribution is -2.52. The van der Waals surface area contributed by atoms with E-state index in [0.717, 1.165) is 5.69 Å². The molecule has 0 unspecified atom stereocenters. The van der Waals surface area contributed by atoms with Crippen LogP contribution in [0.2, 0.25) is 0 Å². The quantitative estimate of drug-likeness (QED) is 0.845. The van der Waals surface area contributed by atoms with E-state index in [1.54, 1.807) is 34.9 Å². The summed E-state index contributed by atoms with van der Waals surface area (Å²) in [5.74, 6) is 0.410. The molecule has 0 saturated carbocycles. The van der Waals surface area contributed by atoms with Crippen LogP contribution in [0.1, 0.15) is 10.5 Å². The Bertz CT molecular complexity index is 740. The minimum absolute atomic E-state index is 0.0568. The number of amides is 2. The van der Waals surface area contributed by atoms with Crippen molar-refractivity contribution in [3.63, 3.8) is 0 Å². The van der Waals surface area contributed by atoms with Crippen molar-refractivity contribution < 1.29 is 14.3 Å². The van der Waals surface area contributed by atoms with Gasteiger partial charge in [-0.25, -0.2) is 4.98 Å². The first-order valence-electron chi connectivity index (χ1n) is 7.30. The first-order chi connectivity index (χ1) is 11.1. The van der Waals surface area contributed by atoms with Gasteiger partial charge >= 0.3 is 0 Å². The van der Waals surface area contributed by atoms with E-state index in [9.17, 15) is 9.59 Å². The molecule has 0 atom stereocenters. The maximum absolute atomic E-state index is 12.4. The fraction of sp³-hybridized carbons (Fsp3) is 0.312. The van der Waals surface area contributed by atoms with Crippen molar-refractivity contribution in [2.45, 2.75) is 0 Å². The van der Waals surface area contributed by atoms with E-state index in [-0.39, 0.29) is 18.4 Å². The van der Waals surface area contributed by atoms with Crippen LogP contribution in [0.15, 0.2) is 36.8 Å². The number of aryl methyl sites for hydroxylation is 1. The van der Waals surface area contributed by atoms with E-state index in [0.29, 0.717) is 24.5 Å². The number of carbonyl (C=O) groups excluding carboxylic acids is 2. The minimum Gasteiger partial charge on any atom is -0.497 e. The van der Waals surface area contributed by atoms with E-state index in [1.165, 1.54) is 6.20 Å². The van der Waals surface area contributed by atoms with Crippen LogP contribution >= 0.6 is 0 Å². The molecule has 120 valence electrons. The molecule has 0 N–H and O–H groups in total. The summed E-state index contributed by atoms with van der Waals surface area (Å²) >= 11 is 0. The molecule has 0 bridgehead atoms. The summed E-state index contributed by atoms with van der Waals surface area (Å²) in [6, 6.07) is 7.35. The molecule has 2 aromatic rings. The highest BCUT2D eigenvalue weighted by atomic mass is 16.5. The van der Waals surface area contributed by atoms with Crippen LogP contribution in [0.5, 0.6) is 5.75 Å². The summed E-state index contributed by atoms with van der Waals surface area (Å²) in [5.41, 5.74) is 1.26. The van der Waals surface area contributed by atoms with Crippen molar-refractivity contribution in [1.82, 2.24) is 14.5 Å². The number of anilines is 1. The Kier molecular flexibility index (Phi) is 4.01. The van der Waals surface area contributed by atoms with Gasteiger partial charge in [0.2, 0.25) is 5.91 Å². The zero-order valence-corrected chi connectivity index (χ0v) is 13.1. The molecule has 1 aliphatic rings. The number of rotatable bonds is 3. The molecular weight excluding hydrogens is 296 g/mol. The van der Waals surface area contributed by atoms with Crippen LogP contribution < -0.4 is 9.64 Å². The zero-order chi connectivity index (χ0) is 16.4. The Morgan fingerprint density at radius 1 is 1.30 bits per heavy atom. The summed E-state index contributed by atoms with van der Waals surface area (Å²) in [5, 5.41) is 0. The average molecular weight is 314 g/mol. The highest BCUT2D eigenvalue weighted by Crippen LogP contribution is 2.23. The largest absolute Gasteiger partial charge is 0.497 e. The number of aromatic nitrogens is 2. The summed E-state index contributed by atoms with van der Waals surface area (Å²) in [7, 11) is 3.35. The number of piperazine rings is 1. The van der Waals surface area contributed by atoms with Gasteiger partial charge in [-0.2, -0.15) is 0 Å². The lowest BCUT2D eigenvalue weighted by Gasteiger charge is -2.34. The number of carbonyl (C=O) groups is 2. The fourth-order valence-electron chi connectivity index (χ4n) is 2.62. The predicted octanol–water partition coefficient (Wildman–Crippen LogP) is 0.918. The Hall–Kier alpha value is -2.83. The summed E-state index contributed by atoms with van der Waals surface area (Å²) in [6.45, 7) is 0.990. The second-order valence-electron chi connectivity index (χ2n) is 5.36. The molecule has 7 heteroatoms. The summed E-state index contributed by atoms with van der Waals surface area (Å²) in [4.78, 5) is 32.0. The van der Waals surface area contributed by atoms with Crippen LogP contribution in [-0.4, -0.2) is 53.0 Å². The summed E-state index contributed by atoms with van der Waals surface area (Å²) in [6.07, 6.45) is 3.09. The first kappa shape index (κ1) is 15.1. The van der Waals surface area contributed by atoms with Gasteiger partial charge in [0.15, 0.2) is 0 Å². The van der Waals surface area contributed by atoms with Crippen molar-refractivity contribution >= 4 is 17.5 Å². The average Bonchev–Trinajstić information content (AvgIpc) is 3.00. The number of hydrogen-bond donors (Lipinski definition) is 0. The normalized spacial score (nSPS) is 15.0. The smallest absolute Gasteiger partial charge is 0.272 e. The number of nitrogens with zero attached hydrogens (tertiary/aromatic N) is 4. The van der Waals surface area contributed by atoms with Crippen LogP contribution in [0.25, 0.3) is 0 Å². The Balaban J connectivity index is 1.73. The number of methoxy groups -OCH3 is 1. The molecule has 1 saturated heterocycles. The van der Waals surface area contributed by atoms with Crippen molar-refractivity contribution in [1.29, 1.82) is 0 Å². The monoisotopic (exact) mass is 314 g/mol. The maximum Gasteiger partial charge on any atom is 0.272 e. The van der Waals surface area contributed by atoms with Crippen LogP contribution in [0.4, 0.5) is 5.69 Å². The van der Waals surface area contributed by atoms with Gasteiger partial charge in [0, 0.05) is 31.9 Å². The SMILES string of the molecule is COc1cccc(N2CCN(C(=O)c3cncn3C)CC2=O)c1. The van der Waals surface area contributed by atoms with Gasteiger partial charge in [-0.15, -0.1) is 0 Å². The third kappa shape index (κ3) is 2.90. The lowest BCUT2D eigenvalue weighted by molar-refractivity contribution is -0.120. The molecule has 3 rings (SSSR count). The second kappa shape index (κ2) is 6.12.